The third-order valence-electron chi connectivity index (χ3n) is 5.39. The van der Waals surface area contributed by atoms with Crippen molar-refractivity contribution in [1.29, 1.82) is 5.26 Å². The van der Waals surface area contributed by atoms with E-state index in [9.17, 15) is 14.9 Å². The van der Waals surface area contributed by atoms with Crippen LogP contribution < -0.4 is 5.32 Å². The molecule has 0 saturated heterocycles. The van der Waals surface area contributed by atoms with E-state index in [1.165, 1.54) is 17.4 Å². The number of nitrogens with zero attached hydrogens (tertiary/aromatic N) is 2. The smallest absolute Gasteiger partial charge is 0.410 e. The molecule has 7 heteroatoms. The first kappa shape index (κ1) is 22.3. The van der Waals surface area contributed by atoms with Gasteiger partial charge in [-0.1, -0.05) is 54.6 Å². The number of rotatable bonds is 5. The first-order chi connectivity index (χ1) is 16.1. The molecular weight excluding hydrogens is 434 g/mol. The Hall–Kier alpha value is -3.89. The summed E-state index contributed by atoms with van der Waals surface area (Å²) in [7, 11) is 0. The standard InChI is InChI=1S/C26H23N3O3S/c1-2-32-26(31)29-15-14-21-22(16-27)25(33-23(21)17-29)28-24(30)13-12-19-10-6-7-11-20(19)18-8-4-3-5-9-18/h3-13H,2,14-15,17H2,1H3,(H,28,30)/b13-12+. The summed E-state index contributed by atoms with van der Waals surface area (Å²) in [6.07, 6.45) is 3.45. The SMILES string of the molecule is CCOC(=O)N1CCc2c(sc(NC(=O)/C=C/c3ccccc3-c3ccccc3)c2C#N)C1. The maximum absolute atomic E-state index is 12.7. The number of fused-ring (bicyclic) bond motifs is 1. The zero-order valence-electron chi connectivity index (χ0n) is 18.2. The van der Waals surface area contributed by atoms with Gasteiger partial charge in [-0.15, -0.1) is 11.3 Å². The average Bonchev–Trinajstić information content (AvgIpc) is 3.19. The molecule has 3 aromatic rings. The van der Waals surface area contributed by atoms with Crippen LogP contribution in [0.3, 0.4) is 0 Å². The second-order valence-electron chi connectivity index (χ2n) is 7.47. The molecule has 1 N–H and O–H groups in total. The van der Waals surface area contributed by atoms with Crippen LogP contribution in [0.5, 0.6) is 0 Å². The molecule has 1 aromatic heterocycles. The fraction of sp³-hybridized carbons (Fsp3) is 0.192. The summed E-state index contributed by atoms with van der Waals surface area (Å²) in [6, 6.07) is 20.1. The molecule has 0 bridgehead atoms. The molecule has 2 heterocycles. The lowest BCUT2D eigenvalue weighted by molar-refractivity contribution is -0.111. The summed E-state index contributed by atoms with van der Waals surface area (Å²) in [4.78, 5) is 27.3. The zero-order valence-corrected chi connectivity index (χ0v) is 19.0. The molecule has 1 aliphatic rings. The van der Waals surface area contributed by atoms with E-state index >= 15 is 0 Å². The van der Waals surface area contributed by atoms with E-state index in [-0.39, 0.29) is 12.0 Å². The third kappa shape index (κ3) is 4.97. The van der Waals surface area contributed by atoms with Crippen molar-refractivity contribution in [2.24, 2.45) is 0 Å². The summed E-state index contributed by atoms with van der Waals surface area (Å²) >= 11 is 1.34. The Morgan fingerprint density at radius 1 is 1.18 bits per heavy atom. The fourth-order valence-electron chi connectivity index (χ4n) is 3.82. The number of nitriles is 1. The average molecular weight is 458 g/mol. The first-order valence-corrected chi connectivity index (χ1v) is 11.5. The molecule has 2 amide bonds. The summed E-state index contributed by atoms with van der Waals surface area (Å²) in [5.41, 5.74) is 4.41. The number of hydrogen-bond donors (Lipinski definition) is 1. The van der Waals surface area contributed by atoms with Crippen molar-refractivity contribution < 1.29 is 14.3 Å². The summed E-state index contributed by atoms with van der Waals surface area (Å²) in [5, 5.41) is 13.1. The normalized spacial score (nSPS) is 12.8. The topological polar surface area (TPSA) is 82.4 Å². The highest BCUT2D eigenvalue weighted by atomic mass is 32.1. The van der Waals surface area contributed by atoms with E-state index in [0.717, 1.165) is 27.1 Å². The van der Waals surface area contributed by atoms with Crippen molar-refractivity contribution in [3.8, 4) is 17.2 Å². The van der Waals surface area contributed by atoms with Crippen molar-refractivity contribution >= 4 is 34.4 Å². The predicted molar refractivity (Wildman–Crippen MR) is 130 cm³/mol. The van der Waals surface area contributed by atoms with E-state index < -0.39 is 0 Å². The van der Waals surface area contributed by atoms with Gasteiger partial charge in [0, 0.05) is 17.5 Å². The number of nitrogens with one attached hydrogen (secondary N) is 1. The maximum Gasteiger partial charge on any atom is 0.410 e. The van der Waals surface area contributed by atoms with Crippen LogP contribution in [-0.4, -0.2) is 30.1 Å². The van der Waals surface area contributed by atoms with Crippen molar-refractivity contribution in [3.05, 3.63) is 82.2 Å². The largest absolute Gasteiger partial charge is 0.450 e. The monoisotopic (exact) mass is 457 g/mol. The lowest BCUT2D eigenvalue weighted by Crippen LogP contribution is -2.35. The number of anilines is 1. The molecule has 2 aromatic carbocycles. The van der Waals surface area contributed by atoms with Gasteiger partial charge in [0.2, 0.25) is 5.91 Å². The minimum absolute atomic E-state index is 0.310. The highest BCUT2D eigenvalue weighted by molar-refractivity contribution is 7.16. The number of ether oxygens (including phenoxy) is 1. The Kier molecular flexibility index (Phi) is 6.86. The highest BCUT2D eigenvalue weighted by Crippen LogP contribution is 2.37. The molecule has 0 fully saturated rings. The number of benzene rings is 2. The Balaban J connectivity index is 1.51. The van der Waals surface area contributed by atoms with Crippen LogP contribution >= 0.6 is 11.3 Å². The molecule has 0 spiro atoms. The van der Waals surface area contributed by atoms with Gasteiger partial charge in [-0.05, 0) is 41.7 Å². The van der Waals surface area contributed by atoms with Gasteiger partial charge in [-0.2, -0.15) is 5.26 Å². The molecule has 33 heavy (non-hydrogen) atoms. The van der Waals surface area contributed by atoms with Crippen LogP contribution in [-0.2, 0) is 22.5 Å². The summed E-state index contributed by atoms with van der Waals surface area (Å²) in [6.45, 7) is 2.95. The Labute approximate surface area is 196 Å². The number of thiophene rings is 1. The predicted octanol–water partition coefficient (Wildman–Crippen LogP) is 5.45. The van der Waals surface area contributed by atoms with Crippen LogP contribution in [0.4, 0.5) is 9.80 Å². The Morgan fingerprint density at radius 2 is 1.94 bits per heavy atom. The molecule has 0 radical (unpaired) electrons. The lowest BCUT2D eigenvalue weighted by Gasteiger charge is -2.25. The maximum atomic E-state index is 12.7. The Morgan fingerprint density at radius 3 is 2.70 bits per heavy atom. The van der Waals surface area contributed by atoms with Crippen LogP contribution in [0, 0.1) is 11.3 Å². The second-order valence-corrected chi connectivity index (χ2v) is 8.57. The van der Waals surface area contributed by atoms with Crippen LogP contribution in [0.1, 0.15) is 28.5 Å². The number of carbonyl (C=O) groups excluding carboxylic acids is 2. The summed E-state index contributed by atoms with van der Waals surface area (Å²) in [5.74, 6) is -0.310. The first-order valence-electron chi connectivity index (χ1n) is 10.7. The van der Waals surface area contributed by atoms with E-state index in [4.69, 9.17) is 4.74 Å². The molecule has 6 nitrogen and oxygen atoms in total. The number of amides is 2. The number of carbonyl (C=O) groups is 2. The van der Waals surface area contributed by atoms with Gasteiger partial charge in [-0.3, -0.25) is 4.79 Å². The van der Waals surface area contributed by atoms with Crippen LogP contribution in [0.15, 0.2) is 60.7 Å². The van der Waals surface area contributed by atoms with Gasteiger partial charge >= 0.3 is 6.09 Å². The molecule has 4 rings (SSSR count). The van der Waals surface area contributed by atoms with E-state index in [2.05, 4.69) is 11.4 Å². The van der Waals surface area contributed by atoms with E-state index in [0.29, 0.717) is 36.7 Å². The van der Waals surface area contributed by atoms with Gasteiger partial charge in [0.05, 0.1) is 18.7 Å². The van der Waals surface area contributed by atoms with Crippen molar-refractivity contribution in [2.45, 2.75) is 19.9 Å². The molecular formula is C26H23N3O3S. The van der Waals surface area contributed by atoms with Crippen molar-refractivity contribution in [3.63, 3.8) is 0 Å². The van der Waals surface area contributed by atoms with Gasteiger partial charge in [-0.25, -0.2) is 4.79 Å². The molecule has 0 aliphatic carbocycles. The van der Waals surface area contributed by atoms with Crippen molar-refractivity contribution in [2.75, 3.05) is 18.5 Å². The molecule has 0 unspecified atom stereocenters. The number of hydrogen-bond acceptors (Lipinski definition) is 5. The molecule has 166 valence electrons. The minimum atomic E-state index is -0.361. The van der Waals surface area contributed by atoms with Crippen LogP contribution in [0.25, 0.3) is 17.2 Å². The highest BCUT2D eigenvalue weighted by Gasteiger charge is 2.27. The second kappa shape index (κ2) is 10.2. The quantitative estimate of drug-likeness (QED) is 0.516. The van der Waals surface area contributed by atoms with Gasteiger partial charge in [0.25, 0.3) is 0 Å². The van der Waals surface area contributed by atoms with Crippen LogP contribution in [0.2, 0.25) is 0 Å². The molecule has 0 saturated carbocycles. The fourth-order valence-corrected chi connectivity index (χ4v) is 5.04. The van der Waals surface area contributed by atoms with Gasteiger partial charge in [0.1, 0.15) is 11.1 Å². The summed E-state index contributed by atoms with van der Waals surface area (Å²) < 4.78 is 5.09. The molecule has 1 aliphatic heterocycles. The third-order valence-corrected chi connectivity index (χ3v) is 6.52. The van der Waals surface area contributed by atoms with Gasteiger partial charge in [0.15, 0.2) is 0 Å². The van der Waals surface area contributed by atoms with Gasteiger partial charge < -0.3 is 15.0 Å². The lowest BCUT2D eigenvalue weighted by atomic mass is 9.99. The molecule has 0 atom stereocenters. The van der Waals surface area contributed by atoms with E-state index in [1.807, 2.05) is 54.6 Å². The Bertz CT molecular complexity index is 1240. The van der Waals surface area contributed by atoms with Crippen molar-refractivity contribution in [1.82, 2.24) is 4.90 Å². The zero-order chi connectivity index (χ0) is 23.2. The minimum Gasteiger partial charge on any atom is -0.450 e. The van der Waals surface area contributed by atoms with E-state index in [1.54, 1.807) is 17.9 Å².